The molecule has 3 aromatic carbocycles. The van der Waals surface area contributed by atoms with Gasteiger partial charge in [-0.1, -0.05) is 78.0 Å². The lowest BCUT2D eigenvalue weighted by atomic mass is 10.1. The fraction of sp³-hybridized carbons (Fsp3) is 0.192. The van der Waals surface area contributed by atoms with Crippen LogP contribution in [0, 0.1) is 6.92 Å². The average Bonchev–Trinajstić information content (AvgIpc) is 3.26. The zero-order chi connectivity index (χ0) is 22.9. The number of carbonyl (C=O) groups is 1. The van der Waals surface area contributed by atoms with Gasteiger partial charge in [-0.25, -0.2) is 0 Å². The van der Waals surface area contributed by atoms with Gasteiger partial charge in [0.25, 0.3) is 0 Å². The van der Waals surface area contributed by atoms with Crippen LogP contribution in [-0.4, -0.2) is 33.0 Å². The number of aromatic nitrogens is 3. The first kappa shape index (κ1) is 23.1. The number of para-hydroxylation sites is 1. The number of rotatable bonds is 10. The van der Waals surface area contributed by atoms with E-state index >= 15 is 0 Å². The van der Waals surface area contributed by atoms with E-state index in [-0.39, 0.29) is 5.91 Å². The Hall–Kier alpha value is -3.03. The van der Waals surface area contributed by atoms with Gasteiger partial charge in [-0.05, 0) is 43.2 Å². The molecule has 0 unspecified atom stereocenters. The van der Waals surface area contributed by atoms with Crippen molar-refractivity contribution >= 4 is 29.4 Å². The molecule has 1 amide bonds. The Bertz CT molecular complexity index is 1160. The quantitative estimate of drug-likeness (QED) is 0.315. The minimum atomic E-state index is -0.00544. The van der Waals surface area contributed by atoms with Crippen LogP contribution in [0.15, 0.2) is 95.0 Å². The standard InChI is InChI=1S/C26H26N4OS2/c1-20-12-14-23(15-13-20)32-18-24-28-29-26(30(24)22-10-6-3-7-11-22)33-19-25(31)27-17-16-21-8-4-2-5-9-21/h2-15H,16-19H2,1H3,(H,27,31). The molecule has 0 saturated carbocycles. The molecule has 0 radical (unpaired) electrons. The molecule has 33 heavy (non-hydrogen) atoms. The molecule has 0 bridgehead atoms. The Balaban J connectivity index is 1.39. The number of nitrogens with one attached hydrogen (secondary N) is 1. The summed E-state index contributed by atoms with van der Waals surface area (Å²) in [5, 5.41) is 12.6. The third-order valence-electron chi connectivity index (χ3n) is 5.01. The van der Waals surface area contributed by atoms with Crippen molar-refractivity contribution in [2.24, 2.45) is 0 Å². The molecular weight excluding hydrogens is 448 g/mol. The van der Waals surface area contributed by atoms with Gasteiger partial charge in [0.1, 0.15) is 5.82 Å². The second kappa shape index (κ2) is 11.7. The molecule has 5 nitrogen and oxygen atoms in total. The molecule has 0 aliphatic heterocycles. The maximum absolute atomic E-state index is 12.4. The Kier molecular flexibility index (Phi) is 8.22. The van der Waals surface area contributed by atoms with Crippen molar-refractivity contribution < 1.29 is 4.79 Å². The number of amides is 1. The summed E-state index contributed by atoms with van der Waals surface area (Å²) in [6, 6.07) is 28.7. The van der Waals surface area contributed by atoms with E-state index in [1.807, 2.05) is 53.1 Å². The number of nitrogens with zero attached hydrogens (tertiary/aromatic N) is 3. The lowest BCUT2D eigenvalue weighted by Gasteiger charge is -2.10. The third kappa shape index (κ3) is 6.73. The number of benzene rings is 3. The molecule has 4 rings (SSSR count). The van der Waals surface area contributed by atoms with Crippen molar-refractivity contribution in [3.05, 3.63) is 102 Å². The van der Waals surface area contributed by atoms with Crippen molar-refractivity contribution in [1.29, 1.82) is 0 Å². The molecule has 0 spiro atoms. The topological polar surface area (TPSA) is 59.8 Å². The summed E-state index contributed by atoms with van der Waals surface area (Å²) in [5.41, 5.74) is 3.45. The van der Waals surface area contributed by atoms with E-state index in [1.54, 1.807) is 11.8 Å². The summed E-state index contributed by atoms with van der Waals surface area (Å²) in [6.07, 6.45) is 0.817. The highest BCUT2D eigenvalue weighted by Crippen LogP contribution is 2.27. The minimum absolute atomic E-state index is 0.00544. The molecule has 0 aliphatic carbocycles. The van der Waals surface area contributed by atoms with Gasteiger partial charge in [0.2, 0.25) is 5.91 Å². The molecule has 7 heteroatoms. The van der Waals surface area contributed by atoms with Crippen molar-refractivity contribution in [3.63, 3.8) is 0 Å². The first-order valence-electron chi connectivity index (χ1n) is 10.8. The normalized spacial score (nSPS) is 10.8. The van der Waals surface area contributed by atoms with Gasteiger partial charge in [-0.15, -0.1) is 22.0 Å². The first-order chi connectivity index (χ1) is 16.2. The van der Waals surface area contributed by atoms with Crippen molar-refractivity contribution in [2.75, 3.05) is 12.3 Å². The van der Waals surface area contributed by atoms with Crippen LogP contribution in [0.3, 0.4) is 0 Å². The number of hydrogen-bond acceptors (Lipinski definition) is 5. The van der Waals surface area contributed by atoms with Gasteiger partial charge >= 0.3 is 0 Å². The predicted molar refractivity (Wildman–Crippen MR) is 136 cm³/mol. The van der Waals surface area contributed by atoms with E-state index in [4.69, 9.17) is 0 Å². The van der Waals surface area contributed by atoms with Crippen molar-refractivity contribution in [2.45, 2.75) is 29.1 Å². The second-order valence-corrected chi connectivity index (χ2v) is 9.54. The molecule has 1 aromatic heterocycles. The molecule has 168 valence electrons. The molecule has 0 saturated heterocycles. The van der Waals surface area contributed by atoms with E-state index in [9.17, 15) is 4.79 Å². The van der Waals surface area contributed by atoms with Gasteiger partial charge in [0, 0.05) is 17.1 Å². The maximum Gasteiger partial charge on any atom is 0.230 e. The third-order valence-corrected chi connectivity index (χ3v) is 6.95. The van der Waals surface area contributed by atoms with E-state index in [2.05, 4.69) is 58.8 Å². The molecular formula is C26H26N4OS2. The summed E-state index contributed by atoms with van der Waals surface area (Å²) in [5.74, 6) is 1.84. The smallest absolute Gasteiger partial charge is 0.230 e. The Labute approximate surface area is 203 Å². The van der Waals surface area contributed by atoms with Crippen LogP contribution in [0.2, 0.25) is 0 Å². The number of thioether (sulfide) groups is 2. The van der Waals surface area contributed by atoms with Gasteiger partial charge < -0.3 is 5.32 Å². The highest BCUT2D eigenvalue weighted by atomic mass is 32.2. The van der Waals surface area contributed by atoms with E-state index in [1.165, 1.54) is 27.8 Å². The van der Waals surface area contributed by atoms with Crippen LogP contribution < -0.4 is 5.32 Å². The zero-order valence-electron chi connectivity index (χ0n) is 18.5. The Morgan fingerprint density at radius 1 is 0.879 bits per heavy atom. The summed E-state index contributed by atoms with van der Waals surface area (Å²) in [6.45, 7) is 2.70. The molecule has 1 heterocycles. The minimum Gasteiger partial charge on any atom is -0.355 e. The summed E-state index contributed by atoms with van der Waals surface area (Å²) >= 11 is 3.13. The Morgan fingerprint density at radius 3 is 2.30 bits per heavy atom. The molecule has 4 aromatic rings. The van der Waals surface area contributed by atoms with Crippen molar-refractivity contribution in [1.82, 2.24) is 20.1 Å². The van der Waals surface area contributed by atoms with Crippen LogP contribution in [0.1, 0.15) is 17.0 Å². The maximum atomic E-state index is 12.4. The highest BCUT2D eigenvalue weighted by molar-refractivity contribution is 7.99. The summed E-state index contributed by atoms with van der Waals surface area (Å²) < 4.78 is 2.04. The first-order valence-corrected chi connectivity index (χ1v) is 12.8. The van der Waals surface area contributed by atoms with Crippen LogP contribution in [0.4, 0.5) is 0 Å². The fourth-order valence-electron chi connectivity index (χ4n) is 3.28. The largest absolute Gasteiger partial charge is 0.355 e. The molecule has 0 atom stereocenters. The van der Waals surface area contributed by atoms with Crippen LogP contribution in [0.5, 0.6) is 0 Å². The van der Waals surface area contributed by atoms with Crippen LogP contribution in [-0.2, 0) is 17.0 Å². The fourth-order valence-corrected chi connectivity index (χ4v) is 4.89. The predicted octanol–water partition coefficient (Wildman–Crippen LogP) is 5.32. The van der Waals surface area contributed by atoms with E-state index in [0.717, 1.165) is 23.1 Å². The Morgan fingerprint density at radius 2 is 1.58 bits per heavy atom. The van der Waals surface area contributed by atoms with Crippen LogP contribution in [0.25, 0.3) is 5.69 Å². The van der Waals surface area contributed by atoms with E-state index < -0.39 is 0 Å². The summed E-state index contributed by atoms with van der Waals surface area (Å²) in [4.78, 5) is 13.6. The highest BCUT2D eigenvalue weighted by Gasteiger charge is 2.16. The van der Waals surface area contributed by atoms with E-state index in [0.29, 0.717) is 18.1 Å². The molecule has 0 fully saturated rings. The van der Waals surface area contributed by atoms with Gasteiger partial charge in [0.05, 0.1) is 11.5 Å². The number of carbonyl (C=O) groups excluding carboxylic acids is 1. The second-order valence-electron chi connectivity index (χ2n) is 7.55. The van der Waals surface area contributed by atoms with Gasteiger partial charge in [0.15, 0.2) is 5.16 Å². The number of hydrogen-bond donors (Lipinski definition) is 1. The van der Waals surface area contributed by atoms with Gasteiger partial charge in [-0.2, -0.15) is 0 Å². The zero-order valence-corrected chi connectivity index (χ0v) is 20.1. The lowest BCUT2D eigenvalue weighted by molar-refractivity contribution is -0.118. The lowest BCUT2D eigenvalue weighted by Crippen LogP contribution is -2.27. The van der Waals surface area contributed by atoms with Gasteiger partial charge in [-0.3, -0.25) is 9.36 Å². The molecule has 1 N–H and O–H groups in total. The van der Waals surface area contributed by atoms with Crippen LogP contribution >= 0.6 is 23.5 Å². The number of aryl methyl sites for hydroxylation is 1. The summed E-state index contributed by atoms with van der Waals surface area (Å²) in [7, 11) is 0. The SMILES string of the molecule is Cc1ccc(SCc2nnc(SCC(=O)NCCc3ccccc3)n2-c2ccccc2)cc1. The molecule has 0 aliphatic rings. The monoisotopic (exact) mass is 474 g/mol. The van der Waals surface area contributed by atoms with Crippen molar-refractivity contribution in [3.8, 4) is 5.69 Å². The average molecular weight is 475 g/mol.